The van der Waals surface area contributed by atoms with E-state index in [1.54, 1.807) is 29.9 Å². The van der Waals surface area contributed by atoms with Crippen LogP contribution >= 0.6 is 23.4 Å². The summed E-state index contributed by atoms with van der Waals surface area (Å²) in [7, 11) is 1.77. The Balaban J connectivity index is 1.56. The molecule has 0 saturated carbocycles. The van der Waals surface area contributed by atoms with Crippen molar-refractivity contribution in [2.75, 3.05) is 12.4 Å². The highest BCUT2D eigenvalue weighted by Gasteiger charge is 2.10. The number of nitrogens with one attached hydrogen (secondary N) is 1. The van der Waals surface area contributed by atoms with Gasteiger partial charge in [0.25, 0.3) is 0 Å². The molecule has 0 bridgehead atoms. The predicted octanol–water partition coefficient (Wildman–Crippen LogP) is 5.69. The SMILES string of the molecule is CN(Cc1ccc(Cl)cc1)C(=O)Nc1cccc(CSc2ccccn2)c1. The molecule has 1 aromatic heterocycles. The van der Waals surface area contributed by atoms with Crippen molar-refractivity contribution in [1.29, 1.82) is 0 Å². The summed E-state index contributed by atoms with van der Waals surface area (Å²) >= 11 is 7.56. The van der Waals surface area contributed by atoms with Crippen molar-refractivity contribution in [1.82, 2.24) is 9.88 Å². The van der Waals surface area contributed by atoms with Crippen LogP contribution in [0.25, 0.3) is 0 Å². The minimum atomic E-state index is -0.153. The van der Waals surface area contributed by atoms with Crippen LogP contribution in [0.5, 0.6) is 0 Å². The van der Waals surface area contributed by atoms with Crippen LogP contribution in [0.15, 0.2) is 78.0 Å². The molecule has 0 spiro atoms. The van der Waals surface area contributed by atoms with E-state index >= 15 is 0 Å². The summed E-state index contributed by atoms with van der Waals surface area (Å²) in [6.07, 6.45) is 1.79. The molecule has 138 valence electrons. The van der Waals surface area contributed by atoms with E-state index in [4.69, 9.17) is 11.6 Å². The topological polar surface area (TPSA) is 45.2 Å². The highest BCUT2D eigenvalue weighted by molar-refractivity contribution is 7.98. The number of hydrogen-bond acceptors (Lipinski definition) is 3. The third-order valence-electron chi connectivity index (χ3n) is 3.88. The van der Waals surface area contributed by atoms with Gasteiger partial charge in [0.1, 0.15) is 0 Å². The molecular formula is C21H20ClN3OS. The molecule has 0 aliphatic rings. The smallest absolute Gasteiger partial charge is 0.321 e. The van der Waals surface area contributed by atoms with Crippen LogP contribution in [-0.2, 0) is 12.3 Å². The number of thioether (sulfide) groups is 1. The number of carbonyl (C=O) groups excluding carboxylic acids is 1. The lowest BCUT2D eigenvalue weighted by Gasteiger charge is -2.18. The van der Waals surface area contributed by atoms with Crippen molar-refractivity contribution in [2.24, 2.45) is 0 Å². The van der Waals surface area contributed by atoms with E-state index < -0.39 is 0 Å². The minimum absolute atomic E-state index is 0.153. The molecule has 0 aliphatic heterocycles. The molecule has 1 N–H and O–H groups in total. The molecule has 0 saturated heterocycles. The van der Waals surface area contributed by atoms with E-state index in [1.807, 2.05) is 66.7 Å². The number of hydrogen-bond donors (Lipinski definition) is 1. The average molecular weight is 398 g/mol. The van der Waals surface area contributed by atoms with E-state index in [0.717, 1.165) is 27.6 Å². The molecule has 1 heterocycles. The number of pyridine rings is 1. The van der Waals surface area contributed by atoms with Gasteiger partial charge in [0.2, 0.25) is 0 Å². The monoisotopic (exact) mass is 397 g/mol. The summed E-state index contributed by atoms with van der Waals surface area (Å²) in [4.78, 5) is 18.4. The maximum Gasteiger partial charge on any atom is 0.321 e. The molecule has 2 amide bonds. The van der Waals surface area contributed by atoms with Crippen LogP contribution in [-0.4, -0.2) is 23.0 Å². The first kappa shape index (κ1) is 19.3. The maximum atomic E-state index is 12.4. The molecule has 0 aliphatic carbocycles. The normalized spacial score (nSPS) is 10.4. The largest absolute Gasteiger partial charge is 0.323 e. The molecule has 2 aromatic carbocycles. The zero-order valence-corrected chi connectivity index (χ0v) is 16.5. The van der Waals surface area contributed by atoms with E-state index in [9.17, 15) is 4.79 Å². The summed E-state index contributed by atoms with van der Waals surface area (Å²) in [6, 6.07) is 21.1. The van der Waals surface area contributed by atoms with Crippen molar-refractivity contribution in [3.8, 4) is 0 Å². The molecule has 6 heteroatoms. The van der Waals surface area contributed by atoms with Crippen LogP contribution in [0, 0.1) is 0 Å². The number of aromatic nitrogens is 1. The van der Waals surface area contributed by atoms with Crippen LogP contribution < -0.4 is 5.32 Å². The Kier molecular flexibility index (Phi) is 6.74. The molecule has 0 unspecified atom stereocenters. The van der Waals surface area contributed by atoms with E-state index in [1.165, 1.54) is 0 Å². The first-order chi connectivity index (χ1) is 13.1. The maximum absolute atomic E-state index is 12.4. The highest BCUT2D eigenvalue weighted by atomic mass is 35.5. The molecule has 3 aromatic rings. The first-order valence-electron chi connectivity index (χ1n) is 8.49. The van der Waals surface area contributed by atoms with E-state index in [0.29, 0.717) is 11.6 Å². The number of rotatable bonds is 6. The van der Waals surface area contributed by atoms with Crippen molar-refractivity contribution >= 4 is 35.1 Å². The molecule has 0 radical (unpaired) electrons. The Hall–Kier alpha value is -2.50. The van der Waals surface area contributed by atoms with Gasteiger partial charge in [-0.15, -0.1) is 11.8 Å². The number of carbonyl (C=O) groups is 1. The van der Waals surface area contributed by atoms with Crippen LogP contribution in [0.3, 0.4) is 0 Å². The third kappa shape index (κ3) is 6.01. The summed E-state index contributed by atoms with van der Waals surface area (Å²) < 4.78 is 0. The highest BCUT2D eigenvalue weighted by Crippen LogP contribution is 2.22. The van der Waals surface area contributed by atoms with Gasteiger partial charge in [0, 0.05) is 36.3 Å². The molecule has 3 rings (SSSR count). The fourth-order valence-electron chi connectivity index (χ4n) is 2.48. The molecular weight excluding hydrogens is 378 g/mol. The Labute approximate surface area is 168 Å². The van der Waals surface area contributed by atoms with Crippen molar-refractivity contribution in [2.45, 2.75) is 17.3 Å². The Morgan fingerprint density at radius 2 is 1.89 bits per heavy atom. The van der Waals surface area contributed by atoms with Gasteiger partial charge in [0.15, 0.2) is 0 Å². The van der Waals surface area contributed by atoms with Crippen molar-refractivity contribution in [3.05, 3.63) is 89.1 Å². The summed E-state index contributed by atoms with van der Waals surface area (Å²) in [5, 5.41) is 4.62. The number of halogens is 1. The molecule has 0 fully saturated rings. The van der Waals surface area contributed by atoms with Gasteiger partial charge in [-0.25, -0.2) is 9.78 Å². The Morgan fingerprint density at radius 1 is 1.07 bits per heavy atom. The average Bonchev–Trinajstić information content (AvgIpc) is 2.69. The standard InChI is InChI=1S/C21H20ClN3OS/c1-25(14-16-8-10-18(22)11-9-16)21(26)24-19-6-4-5-17(13-19)15-27-20-7-2-3-12-23-20/h2-13H,14-15H2,1H3,(H,24,26). The first-order valence-corrected chi connectivity index (χ1v) is 9.86. The second-order valence-corrected chi connectivity index (χ2v) is 7.50. The van der Waals surface area contributed by atoms with Gasteiger partial charge in [-0.05, 0) is 47.5 Å². The van der Waals surface area contributed by atoms with Crippen molar-refractivity contribution < 1.29 is 4.79 Å². The lowest BCUT2D eigenvalue weighted by Crippen LogP contribution is -2.30. The van der Waals surface area contributed by atoms with E-state index in [-0.39, 0.29) is 6.03 Å². The molecule has 27 heavy (non-hydrogen) atoms. The van der Waals surface area contributed by atoms with Gasteiger partial charge in [-0.1, -0.05) is 41.9 Å². The van der Waals surface area contributed by atoms with Gasteiger partial charge < -0.3 is 10.2 Å². The zero-order chi connectivity index (χ0) is 19.1. The fourth-order valence-corrected chi connectivity index (χ4v) is 3.41. The zero-order valence-electron chi connectivity index (χ0n) is 14.9. The van der Waals surface area contributed by atoms with Crippen LogP contribution in [0.1, 0.15) is 11.1 Å². The van der Waals surface area contributed by atoms with E-state index in [2.05, 4.69) is 10.3 Å². The number of benzene rings is 2. The lowest BCUT2D eigenvalue weighted by molar-refractivity contribution is 0.220. The fraction of sp³-hybridized carbons (Fsp3) is 0.143. The predicted molar refractivity (Wildman–Crippen MR) is 112 cm³/mol. The quantitative estimate of drug-likeness (QED) is 0.543. The van der Waals surface area contributed by atoms with Crippen LogP contribution in [0.2, 0.25) is 5.02 Å². The number of urea groups is 1. The van der Waals surface area contributed by atoms with Crippen molar-refractivity contribution in [3.63, 3.8) is 0 Å². The molecule has 4 nitrogen and oxygen atoms in total. The van der Waals surface area contributed by atoms with Gasteiger partial charge in [0.05, 0.1) is 5.03 Å². The minimum Gasteiger partial charge on any atom is -0.323 e. The number of amides is 2. The third-order valence-corrected chi connectivity index (χ3v) is 5.15. The second kappa shape index (κ2) is 9.44. The number of anilines is 1. The molecule has 0 atom stereocenters. The lowest BCUT2D eigenvalue weighted by atomic mass is 10.2. The summed E-state index contributed by atoms with van der Waals surface area (Å²) in [5.41, 5.74) is 2.93. The van der Waals surface area contributed by atoms with Gasteiger partial charge in [-0.2, -0.15) is 0 Å². The Morgan fingerprint density at radius 3 is 2.63 bits per heavy atom. The summed E-state index contributed by atoms with van der Waals surface area (Å²) in [5.74, 6) is 0.793. The summed E-state index contributed by atoms with van der Waals surface area (Å²) in [6.45, 7) is 0.512. The Bertz CT molecular complexity index is 887. The van der Waals surface area contributed by atoms with Gasteiger partial charge >= 0.3 is 6.03 Å². The number of nitrogens with zero attached hydrogens (tertiary/aromatic N) is 2. The second-order valence-electron chi connectivity index (χ2n) is 6.07. The van der Waals surface area contributed by atoms with Crippen LogP contribution in [0.4, 0.5) is 10.5 Å². The van der Waals surface area contributed by atoms with Gasteiger partial charge in [-0.3, -0.25) is 0 Å².